The van der Waals surface area contributed by atoms with Gasteiger partial charge in [-0.25, -0.2) is 9.50 Å². The molecule has 0 unspecified atom stereocenters. The fourth-order valence-corrected chi connectivity index (χ4v) is 4.27. The summed E-state index contributed by atoms with van der Waals surface area (Å²) in [5.74, 6) is 0.985. The van der Waals surface area contributed by atoms with Gasteiger partial charge in [-0.1, -0.05) is 48.0 Å². The van der Waals surface area contributed by atoms with E-state index in [1.807, 2.05) is 35.1 Å². The lowest BCUT2D eigenvalue weighted by Gasteiger charge is -2.37. The Balaban J connectivity index is 1.43. The van der Waals surface area contributed by atoms with Crippen molar-refractivity contribution in [3.63, 3.8) is 0 Å². The van der Waals surface area contributed by atoms with Crippen molar-refractivity contribution in [1.29, 1.82) is 0 Å². The zero-order valence-corrected chi connectivity index (χ0v) is 17.0. The lowest BCUT2D eigenvalue weighted by molar-refractivity contribution is 0.647. The first-order valence-electron chi connectivity index (χ1n) is 9.85. The van der Waals surface area contributed by atoms with E-state index >= 15 is 0 Å². The number of fused-ring (bicyclic) bond motifs is 1. The third kappa shape index (κ3) is 3.32. The Morgan fingerprint density at radius 1 is 0.897 bits per heavy atom. The zero-order chi connectivity index (χ0) is 19.8. The lowest BCUT2D eigenvalue weighted by atomic mass is 10.1. The molecule has 0 N–H and O–H groups in total. The monoisotopic (exact) mass is 403 g/mol. The van der Waals surface area contributed by atoms with Crippen molar-refractivity contribution < 1.29 is 0 Å². The molecule has 29 heavy (non-hydrogen) atoms. The van der Waals surface area contributed by atoms with Crippen LogP contribution in [0.5, 0.6) is 0 Å². The molecule has 4 aromatic rings. The van der Waals surface area contributed by atoms with Crippen molar-refractivity contribution in [3.05, 3.63) is 77.6 Å². The van der Waals surface area contributed by atoms with Gasteiger partial charge in [-0.3, -0.25) is 0 Å². The van der Waals surface area contributed by atoms with E-state index in [0.29, 0.717) is 0 Å². The Morgan fingerprint density at radius 3 is 2.41 bits per heavy atom. The maximum Gasteiger partial charge on any atom is 0.154 e. The van der Waals surface area contributed by atoms with Crippen LogP contribution in [0.2, 0.25) is 5.02 Å². The molecular formula is C23H22ClN5. The minimum absolute atomic E-state index is 0.805. The average Bonchev–Trinajstić information content (AvgIpc) is 3.19. The van der Waals surface area contributed by atoms with Gasteiger partial charge in [-0.15, -0.1) is 0 Å². The van der Waals surface area contributed by atoms with E-state index in [9.17, 15) is 0 Å². The van der Waals surface area contributed by atoms with Crippen molar-refractivity contribution in [3.8, 4) is 11.3 Å². The van der Waals surface area contributed by atoms with Crippen molar-refractivity contribution >= 4 is 28.6 Å². The highest BCUT2D eigenvalue weighted by Gasteiger charge is 2.22. The van der Waals surface area contributed by atoms with Crippen molar-refractivity contribution in [2.45, 2.75) is 6.92 Å². The van der Waals surface area contributed by atoms with Crippen LogP contribution >= 0.6 is 11.6 Å². The molecule has 6 heteroatoms. The Morgan fingerprint density at radius 2 is 1.62 bits per heavy atom. The quantitative estimate of drug-likeness (QED) is 0.497. The van der Waals surface area contributed by atoms with Crippen LogP contribution < -0.4 is 9.80 Å². The molecule has 146 valence electrons. The first-order chi connectivity index (χ1) is 14.2. The maximum absolute atomic E-state index is 6.38. The van der Waals surface area contributed by atoms with Gasteiger partial charge < -0.3 is 9.80 Å². The van der Waals surface area contributed by atoms with Crippen molar-refractivity contribution in [2.75, 3.05) is 36.0 Å². The van der Waals surface area contributed by atoms with Gasteiger partial charge in [0.2, 0.25) is 0 Å². The van der Waals surface area contributed by atoms with Crippen LogP contribution in [0.25, 0.3) is 16.8 Å². The Bertz CT molecular complexity index is 1160. The standard InChI is InChI=1S/C23H22ClN5/c1-17-6-2-3-7-18(17)20-16-22-23(25-10-11-29(22)26-20)28-14-12-27(13-15-28)21-9-5-4-8-19(21)24/h2-11,16H,12-15H2,1H3. The van der Waals surface area contributed by atoms with Gasteiger partial charge in [0, 0.05) is 44.1 Å². The van der Waals surface area contributed by atoms with Crippen molar-refractivity contribution in [2.24, 2.45) is 0 Å². The Labute approximate surface area is 175 Å². The van der Waals surface area contributed by atoms with E-state index in [1.165, 1.54) is 5.56 Å². The number of hydrogen-bond acceptors (Lipinski definition) is 4. The van der Waals surface area contributed by atoms with Crippen LogP contribution in [0.3, 0.4) is 0 Å². The molecule has 1 aliphatic rings. The molecule has 1 fully saturated rings. The number of para-hydroxylation sites is 1. The topological polar surface area (TPSA) is 36.7 Å². The predicted octanol–water partition coefficient (Wildman–Crippen LogP) is 4.68. The summed E-state index contributed by atoms with van der Waals surface area (Å²) in [4.78, 5) is 9.38. The third-order valence-corrected chi connectivity index (χ3v) is 5.88. The lowest BCUT2D eigenvalue weighted by Crippen LogP contribution is -2.47. The molecule has 0 aliphatic carbocycles. The highest BCUT2D eigenvalue weighted by Crippen LogP contribution is 2.29. The van der Waals surface area contributed by atoms with Gasteiger partial charge in [0.15, 0.2) is 5.82 Å². The van der Waals surface area contributed by atoms with E-state index in [4.69, 9.17) is 21.7 Å². The second-order valence-electron chi connectivity index (χ2n) is 7.35. The summed E-state index contributed by atoms with van der Waals surface area (Å²) in [6.07, 6.45) is 3.75. The number of anilines is 2. The molecule has 5 rings (SSSR count). The van der Waals surface area contributed by atoms with E-state index in [0.717, 1.165) is 59.5 Å². The number of halogens is 1. The molecule has 2 aromatic heterocycles. The highest BCUT2D eigenvalue weighted by atomic mass is 35.5. The first kappa shape index (κ1) is 18.0. The number of aromatic nitrogens is 3. The maximum atomic E-state index is 6.38. The molecule has 2 aromatic carbocycles. The number of benzene rings is 2. The van der Waals surface area contributed by atoms with Crippen LogP contribution in [-0.4, -0.2) is 40.8 Å². The SMILES string of the molecule is Cc1ccccc1-c1cc2c(N3CCN(c4ccccc4Cl)CC3)nccn2n1. The van der Waals surface area contributed by atoms with Gasteiger partial charge in [0.1, 0.15) is 5.52 Å². The average molecular weight is 404 g/mol. The van der Waals surface area contributed by atoms with E-state index in [-0.39, 0.29) is 0 Å². The summed E-state index contributed by atoms with van der Waals surface area (Å²) in [5, 5.41) is 5.60. The summed E-state index contributed by atoms with van der Waals surface area (Å²) in [7, 11) is 0. The number of piperazine rings is 1. The van der Waals surface area contributed by atoms with Gasteiger partial charge in [0.05, 0.1) is 16.4 Å². The summed E-state index contributed by atoms with van der Waals surface area (Å²) < 4.78 is 1.94. The van der Waals surface area contributed by atoms with Crippen LogP contribution in [-0.2, 0) is 0 Å². The molecule has 0 saturated carbocycles. The molecule has 1 saturated heterocycles. The minimum Gasteiger partial charge on any atom is -0.367 e. The molecule has 3 heterocycles. The number of rotatable bonds is 3. The second-order valence-corrected chi connectivity index (χ2v) is 7.76. The summed E-state index contributed by atoms with van der Waals surface area (Å²) in [5.41, 5.74) is 5.50. The minimum atomic E-state index is 0.805. The fraction of sp³-hybridized carbons (Fsp3) is 0.217. The van der Waals surface area contributed by atoms with Gasteiger partial charge in [-0.2, -0.15) is 5.10 Å². The van der Waals surface area contributed by atoms with E-state index in [2.05, 4.69) is 53.1 Å². The fourth-order valence-electron chi connectivity index (χ4n) is 4.01. The number of aryl methyl sites for hydroxylation is 1. The number of nitrogens with zero attached hydrogens (tertiary/aromatic N) is 5. The molecule has 0 bridgehead atoms. The molecule has 0 amide bonds. The molecule has 5 nitrogen and oxygen atoms in total. The molecule has 0 atom stereocenters. The first-order valence-corrected chi connectivity index (χ1v) is 10.2. The highest BCUT2D eigenvalue weighted by molar-refractivity contribution is 6.33. The third-order valence-electron chi connectivity index (χ3n) is 5.56. The summed E-state index contributed by atoms with van der Waals surface area (Å²) >= 11 is 6.38. The molecular weight excluding hydrogens is 382 g/mol. The Hall–Kier alpha value is -3.05. The van der Waals surface area contributed by atoms with Crippen LogP contribution in [0.4, 0.5) is 11.5 Å². The van der Waals surface area contributed by atoms with Crippen LogP contribution in [0.15, 0.2) is 67.0 Å². The van der Waals surface area contributed by atoms with Crippen molar-refractivity contribution in [1.82, 2.24) is 14.6 Å². The summed E-state index contributed by atoms with van der Waals surface area (Å²) in [6, 6.07) is 18.5. The largest absolute Gasteiger partial charge is 0.367 e. The van der Waals surface area contributed by atoms with Crippen LogP contribution in [0.1, 0.15) is 5.56 Å². The smallest absolute Gasteiger partial charge is 0.154 e. The summed E-state index contributed by atoms with van der Waals surface area (Å²) in [6.45, 7) is 5.72. The second kappa shape index (κ2) is 7.41. The Kier molecular flexibility index (Phi) is 4.60. The molecule has 0 spiro atoms. The molecule has 1 aliphatic heterocycles. The normalized spacial score (nSPS) is 14.6. The van der Waals surface area contributed by atoms with Gasteiger partial charge in [-0.05, 0) is 30.7 Å². The number of hydrogen-bond donors (Lipinski definition) is 0. The van der Waals surface area contributed by atoms with E-state index in [1.54, 1.807) is 0 Å². The van der Waals surface area contributed by atoms with Gasteiger partial charge >= 0.3 is 0 Å². The van der Waals surface area contributed by atoms with Gasteiger partial charge in [0.25, 0.3) is 0 Å². The predicted molar refractivity (Wildman–Crippen MR) is 119 cm³/mol. The molecule has 0 radical (unpaired) electrons. The van der Waals surface area contributed by atoms with Crippen LogP contribution in [0, 0.1) is 6.92 Å². The van der Waals surface area contributed by atoms with E-state index < -0.39 is 0 Å². The zero-order valence-electron chi connectivity index (χ0n) is 16.3.